The van der Waals surface area contributed by atoms with E-state index >= 15 is 0 Å². The third-order valence-corrected chi connectivity index (χ3v) is 0.332. The highest BCUT2D eigenvalue weighted by atomic mass is 79.9. The Kier molecular flexibility index (Phi) is 2.26. The summed E-state index contributed by atoms with van der Waals surface area (Å²) in [4.78, 5) is 0. The van der Waals surface area contributed by atoms with Gasteiger partial charge in [-0.15, -0.1) is 8.78 Å². The molecule has 5 heavy (non-hydrogen) atoms. The van der Waals surface area contributed by atoms with E-state index in [9.17, 15) is 8.78 Å². The molecule has 0 fully saturated rings. The molecule has 0 amide bonds. The third kappa shape index (κ3) is 4.01. The van der Waals surface area contributed by atoms with Crippen molar-refractivity contribution in [2.75, 3.05) is 0 Å². The van der Waals surface area contributed by atoms with Crippen molar-refractivity contribution in [1.82, 2.24) is 0 Å². The minimum atomic E-state index is -1.95. The van der Waals surface area contributed by atoms with Crippen molar-refractivity contribution >= 4 is 22.4 Å². The zero-order valence-electron chi connectivity index (χ0n) is 2.08. The summed E-state index contributed by atoms with van der Waals surface area (Å²) in [6.45, 7) is 0. The standard InChI is InChI=1S/CBrF2N/c2-5-1(3)4. The smallest absolute Gasteiger partial charge is 0.151 e. The summed E-state index contributed by atoms with van der Waals surface area (Å²) in [6, 6.07) is 0. The van der Waals surface area contributed by atoms with Crippen LogP contribution in [0.1, 0.15) is 0 Å². The Bertz CT molecular complexity index is 47.6. The Balaban J connectivity index is 3.14. The van der Waals surface area contributed by atoms with Crippen molar-refractivity contribution in [3.05, 3.63) is 0 Å². The highest BCUT2D eigenvalue weighted by Crippen LogP contribution is 1.86. The molecule has 0 saturated heterocycles. The first-order valence-electron chi connectivity index (χ1n) is 0.771. The highest BCUT2D eigenvalue weighted by molar-refractivity contribution is 9.08. The zero-order valence-corrected chi connectivity index (χ0v) is 3.67. The quantitative estimate of drug-likeness (QED) is 0.457. The van der Waals surface area contributed by atoms with Gasteiger partial charge in [0.2, 0.25) is 0 Å². The number of hydrogen-bond acceptors (Lipinski definition) is 1. The van der Waals surface area contributed by atoms with Crippen molar-refractivity contribution < 1.29 is 8.78 Å². The van der Waals surface area contributed by atoms with Crippen LogP contribution in [0.15, 0.2) is 4.02 Å². The maximum atomic E-state index is 10.5. The van der Waals surface area contributed by atoms with Gasteiger partial charge in [-0.05, 0) is 0 Å². The Morgan fingerprint density at radius 3 is 1.80 bits per heavy atom. The summed E-state index contributed by atoms with van der Waals surface area (Å²) in [5.74, 6) is 0. The summed E-state index contributed by atoms with van der Waals surface area (Å²) >= 11 is 2.15. The largest absolute Gasteiger partial charge is 0.371 e. The molecule has 0 aromatic rings. The van der Waals surface area contributed by atoms with Crippen LogP contribution in [-0.2, 0) is 0 Å². The predicted molar refractivity (Wildman–Crippen MR) is 18.6 cm³/mol. The molecule has 1 nitrogen and oxygen atoms in total. The molecule has 0 saturated carbocycles. The van der Waals surface area contributed by atoms with Gasteiger partial charge in [-0.1, -0.05) is 0 Å². The number of rotatable bonds is 0. The van der Waals surface area contributed by atoms with Crippen LogP contribution >= 0.6 is 16.1 Å². The lowest BCUT2D eigenvalue weighted by molar-refractivity contribution is 0.620. The van der Waals surface area contributed by atoms with Crippen LogP contribution in [-0.4, -0.2) is 6.22 Å². The van der Waals surface area contributed by atoms with Gasteiger partial charge >= 0.3 is 6.22 Å². The molecule has 0 unspecified atom stereocenters. The first kappa shape index (κ1) is 5.01. The van der Waals surface area contributed by atoms with Crippen LogP contribution in [0.3, 0.4) is 0 Å². The van der Waals surface area contributed by atoms with E-state index in [1.807, 2.05) is 0 Å². The molecule has 0 aliphatic rings. The van der Waals surface area contributed by atoms with E-state index in [2.05, 4.69) is 20.2 Å². The Morgan fingerprint density at radius 2 is 1.80 bits per heavy atom. The molecule has 0 aliphatic carbocycles. The van der Waals surface area contributed by atoms with Crippen LogP contribution in [0.4, 0.5) is 8.78 Å². The van der Waals surface area contributed by atoms with Gasteiger partial charge in [0.1, 0.15) is 0 Å². The van der Waals surface area contributed by atoms with Gasteiger partial charge in [-0.2, -0.15) is 4.02 Å². The second-order valence-corrected chi connectivity index (χ2v) is 0.680. The molecule has 0 radical (unpaired) electrons. The van der Waals surface area contributed by atoms with Crippen LogP contribution < -0.4 is 0 Å². The molecule has 0 aromatic carbocycles. The van der Waals surface area contributed by atoms with Gasteiger partial charge < -0.3 is 0 Å². The lowest BCUT2D eigenvalue weighted by Gasteiger charge is -1.60. The average Bonchev–Trinajstić information content (AvgIpc) is 1.38. The minimum absolute atomic E-state index is 1.95. The second-order valence-electron chi connectivity index (χ2n) is 0.325. The fourth-order valence-corrected chi connectivity index (χ4v) is 0. The molecule has 0 atom stereocenters. The highest BCUT2D eigenvalue weighted by Gasteiger charge is 1.78. The van der Waals surface area contributed by atoms with Gasteiger partial charge in [0.05, 0.1) is 16.1 Å². The predicted octanol–water partition coefficient (Wildman–Crippen LogP) is 1.59. The number of hydrogen-bond donors (Lipinski definition) is 0. The van der Waals surface area contributed by atoms with E-state index in [1.54, 1.807) is 0 Å². The topological polar surface area (TPSA) is 12.4 Å². The molecule has 4 heteroatoms. The van der Waals surface area contributed by atoms with Crippen LogP contribution in [0.25, 0.3) is 0 Å². The van der Waals surface area contributed by atoms with E-state index in [1.165, 1.54) is 0 Å². The third-order valence-electron chi connectivity index (χ3n) is 0.0639. The van der Waals surface area contributed by atoms with Crippen molar-refractivity contribution in [2.24, 2.45) is 4.02 Å². The van der Waals surface area contributed by atoms with E-state index in [4.69, 9.17) is 0 Å². The van der Waals surface area contributed by atoms with Gasteiger partial charge in [0.15, 0.2) is 0 Å². The van der Waals surface area contributed by atoms with Crippen LogP contribution in [0.2, 0.25) is 0 Å². The Hall–Kier alpha value is 0.01000. The van der Waals surface area contributed by atoms with Gasteiger partial charge in [0, 0.05) is 0 Å². The van der Waals surface area contributed by atoms with E-state index in [0.29, 0.717) is 0 Å². The minimum Gasteiger partial charge on any atom is -0.151 e. The number of halogens is 3. The molecule has 0 bridgehead atoms. The first-order valence-corrected chi connectivity index (χ1v) is 1.48. The fourth-order valence-electron chi connectivity index (χ4n) is 0. The second kappa shape index (κ2) is 2.26. The monoisotopic (exact) mass is 143 g/mol. The molecular formula is CBrF2N. The molecule has 0 rings (SSSR count). The lowest BCUT2D eigenvalue weighted by atomic mass is 11.5. The van der Waals surface area contributed by atoms with E-state index in [0.717, 1.165) is 0 Å². The van der Waals surface area contributed by atoms with Crippen molar-refractivity contribution in [2.45, 2.75) is 0 Å². The Morgan fingerprint density at radius 1 is 1.60 bits per heavy atom. The van der Waals surface area contributed by atoms with Gasteiger partial charge in [0.25, 0.3) is 0 Å². The molecule has 0 aromatic heterocycles. The molecule has 0 heterocycles. The van der Waals surface area contributed by atoms with Crippen molar-refractivity contribution in [3.8, 4) is 0 Å². The van der Waals surface area contributed by atoms with Crippen LogP contribution in [0, 0.1) is 0 Å². The Labute approximate surface area is 36.0 Å². The zero-order chi connectivity index (χ0) is 4.28. The van der Waals surface area contributed by atoms with Gasteiger partial charge in [-0.3, -0.25) is 0 Å². The summed E-state index contributed by atoms with van der Waals surface area (Å²) in [6.07, 6.45) is -1.95. The number of nitrogens with zero attached hydrogens (tertiary/aromatic N) is 1. The molecule has 0 N–H and O–H groups in total. The summed E-state index contributed by atoms with van der Waals surface area (Å²) in [7, 11) is 0. The lowest BCUT2D eigenvalue weighted by Crippen LogP contribution is -1.62. The summed E-state index contributed by atoms with van der Waals surface area (Å²) in [5, 5.41) is 0. The molecule has 30 valence electrons. The van der Waals surface area contributed by atoms with E-state index in [-0.39, 0.29) is 0 Å². The normalized spacial score (nSPS) is 7.00. The fraction of sp³-hybridized carbons (Fsp3) is 0. The maximum Gasteiger partial charge on any atom is 0.371 e. The first-order chi connectivity index (χ1) is 2.27. The molecule has 0 spiro atoms. The van der Waals surface area contributed by atoms with E-state index < -0.39 is 6.22 Å². The summed E-state index contributed by atoms with van der Waals surface area (Å²) < 4.78 is 23.2. The maximum absolute atomic E-state index is 10.5. The van der Waals surface area contributed by atoms with Gasteiger partial charge in [-0.25, -0.2) is 0 Å². The molecular weight excluding hydrogens is 144 g/mol. The summed E-state index contributed by atoms with van der Waals surface area (Å²) in [5.41, 5.74) is 0. The SMILES string of the molecule is FC(F)=NBr. The average molecular weight is 144 g/mol. The van der Waals surface area contributed by atoms with Crippen LogP contribution in [0.5, 0.6) is 0 Å². The van der Waals surface area contributed by atoms with Crippen molar-refractivity contribution in [1.29, 1.82) is 0 Å². The molecule has 0 aliphatic heterocycles. The van der Waals surface area contributed by atoms with Crippen molar-refractivity contribution in [3.63, 3.8) is 0 Å².